The lowest BCUT2D eigenvalue weighted by atomic mass is 9.93. The van der Waals surface area contributed by atoms with Crippen molar-refractivity contribution in [1.82, 2.24) is 9.88 Å². The number of amides is 2. The predicted molar refractivity (Wildman–Crippen MR) is 119 cm³/mol. The molecule has 4 rings (SSSR count). The average molecular weight is 492 g/mol. The summed E-state index contributed by atoms with van der Waals surface area (Å²) >= 11 is 5.89. The maximum absolute atomic E-state index is 14.5. The van der Waals surface area contributed by atoms with E-state index in [2.05, 4.69) is 10.3 Å². The van der Waals surface area contributed by atoms with Gasteiger partial charge in [-0.05, 0) is 47.5 Å². The number of pyridine rings is 1. The monoisotopic (exact) mass is 491 g/mol. The molecule has 176 valence electrons. The van der Waals surface area contributed by atoms with Gasteiger partial charge in [-0.2, -0.15) is 4.39 Å². The van der Waals surface area contributed by atoms with Crippen LogP contribution in [-0.2, 0) is 4.79 Å². The third-order valence-electron chi connectivity index (χ3n) is 5.41. The number of hydrogen-bond donors (Lipinski definition) is 1. The van der Waals surface area contributed by atoms with Crippen molar-refractivity contribution >= 4 is 29.1 Å². The van der Waals surface area contributed by atoms with Gasteiger partial charge in [-0.15, -0.1) is 0 Å². The molecule has 1 saturated heterocycles. The van der Waals surface area contributed by atoms with E-state index in [4.69, 9.17) is 11.6 Å². The second-order valence-corrected chi connectivity index (χ2v) is 8.44. The summed E-state index contributed by atoms with van der Waals surface area (Å²) in [5.74, 6) is -7.97. The second kappa shape index (κ2) is 9.42. The van der Waals surface area contributed by atoms with Crippen molar-refractivity contribution in [2.24, 2.45) is 5.92 Å². The van der Waals surface area contributed by atoms with Crippen LogP contribution < -0.4 is 5.32 Å². The van der Waals surface area contributed by atoms with Gasteiger partial charge < -0.3 is 10.2 Å². The maximum Gasteiger partial charge on any atom is 0.266 e. The first kappa shape index (κ1) is 23.7. The Morgan fingerprint density at radius 2 is 1.82 bits per heavy atom. The Morgan fingerprint density at radius 1 is 1.06 bits per heavy atom. The summed E-state index contributed by atoms with van der Waals surface area (Å²) in [4.78, 5) is 29.9. The zero-order valence-electron chi connectivity index (χ0n) is 17.6. The molecule has 34 heavy (non-hydrogen) atoms. The van der Waals surface area contributed by atoms with Crippen molar-refractivity contribution in [3.05, 3.63) is 83.1 Å². The lowest BCUT2D eigenvalue weighted by Crippen LogP contribution is -2.52. The van der Waals surface area contributed by atoms with Crippen LogP contribution in [0.15, 0.2) is 60.8 Å². The zero-order chi connectivity index (χ0) is 24.5. The number of benzene rings is 2. The highest BCUT2D eigenvalue weighted by atomic mass is 35.5. The minimum atomic E-state index is -3.35. The minimum absolute atomic E-state index is 0.310. The van der Waals surface area contributed by atoms with E-state index in [-0.39, 0.29) is 6.54 Å². The van der Waals surface area contributed by atoms with Crippen LogP contribution in [0.3, 0.4) is 0 Å². The number of aromatic nitrogens is 1. The van der Waals surface area contributed by atoms with Crippen molar-refractivity contribution in [3.8, 4) is 11.1 Å². The van der Waals surface area contributed by atoms with Crippen molar-refractivity contribution < 1.29 is 27.2 Å². The van der Waals surface area contributed by atoms with E-state index in [1.807, 2.05) is 0 Å². The number of halogens is 5. The summed E-state index contributed by atoms with van der Waals surface area (Å²) in [6.45, 7) is -1.28. The highest BCUT2D eigenvalue weighted by Crippen LogP contribution is 2.33. The third kappa shape index (κ3) is 5.36. The van der Waals surface area contributed by atoms with Crippen LogP contribution in [0.1, 0.15) is 16.8 Å². The summed E-state index contributed by atoms with van der Waals surface area (Å²) < 4.78 is 57.0. The van der Waals surface area contributed by atoms with Crippen LogP contribution in [-0.4, -0.2) is 40.7 Å². The fourth-order valence-electron chi connectivity index (χ4n) is 3.86. The Balaban J connectivity index is 1.57. The van der Waals surface area contributed by atoms with E-state index in [1.54, 1.807) is 18.2 Å². The molecule has 1 fully saturated rings. The molecule has 1 aliphatic heterocycles. The van der Waals surface area contributed by atoms with Gasteiger partial charge >= 0.3 is 0 Å². The number of anilines is 1. The molecule has 1 unspecified atom stereocenters. The standard InChI is InChI=1S/C24H18ClF4N3O2/c25-17-2-1-3-18(10-17)31-22(33)16-11-24(28,29)13-32(12-16)23(34)19-8-14(4-5-20(19)26)15-6-7-30-21(27)9-15/h1-10,16H,11-13H2,(H,31,33). The minimum Gasteiger partial charge on any atom is -0.332 e. The maximum atomic E-state index is 14.5. The quantitative estimate of drug-likeness (QED) is 0.392. The van der Waals surface area contributed by atoms with E-state index in [0.29, 0.717) is 21.8 Å². The molecular weight excluding hydrogens is 474 g/mol. The molecule has 0 radical (unpaired) electrons. The SMILES string of the molecule is O=C(Nc1cccc(Cl)c1)C1CN(C(=O)c2cc(-c3ccnc(F)c3)ccc2F)CC(F)(F)C1. The van der Waals surface area contributed by atoms with Crippen molar-refractivity contribution in [2.75, 3.05) is 18.4 Å². The Kier molecular flexibility index (Phi) is 6.56. The molecule has 10 heteroatoms. The Morgan fingerprint density at radius 3 is 2.56 bits per heavy atom. The molecular formula is C24H18ClF4N3O2. The highest BCUT2D eigenvalue weighted by Gasteiger charge is 2.45. The lowest BCUT2D eigenvalue weighted by Gasteiger charge is -2.37. The topological polar surface area (TPSA) is 62.3 Å². The first-order valence-corrected chi connectivity index (χ1v) is 10.6. The average Bonchev–Trinajstić information content (AvgIpc) is 2.78. The fourth-order valence-corrected chi connectivity index (χ4v) is 4.05. The van der Waals surface area contributed by atoms with Gasteiger partial charge in [0, 0.05) is 35.9 Å². The van der Waals surface area contributed by atoms with Gasteiger partial charge in [0.15, 0.2) is 0 Å². The summed E-state index contributed by atoms with van der Waals surface area (Å²) in [5, 5.41) is 2.88. The molecule has 1 atom stereocenters. The van der Waals surface area contributed by atoms with E-state index in [0.717, 1.165) is 17.0 Å². The van der Waals surface area contributed by atoms with Crippen LogP contribution in [0.4, 0.5) is 23.2 Å². The molecule has 3 aromatic rings. The molecule has 0 saturated carbocycles. The molecule has 0 spiro atoms. The van der Waals surface area contributed by atoms with Crippen LogP contribution in [0.25, 0.3) is 11.1 Å². The smallest absolute Gasteiger partial charge is 0.266 e. The third-order valence-corrected chi connectivity index (χ3v) is 5.65. The zero-order valence-corrected chi connectivity index (χ0v) is 18.3. The molecule has 2 heterocycles. The molecule has 1 aromatic heterocycles. The number of rotatable bonds is 4. The van der Waals surface area contributed by atoms with E-state index in [1.165, 1.54) is 30.5 Å². The summed E-state index contributed by atoms with van der Waals surface area (Å²) in [5.41, 5.74) is 0.517. The molecule has 2 aromatic carbocycles. The summed E-state index contributed by atoms with van der Waals surface area (Å²) in [7, 11) is 0. The number of alkyl halides is 2. The fraction of sp³-hybridized carbons (Fsp3) is 0.208. The van der Waals surface area contributed by atoms with Gasteiger partial charge in [0.1, 0.15) is 5.82 Å². The molecule has 5 nitrogen and oxygen atoms in total. The van der Waals surface area contributed by atoms with Crippen LogP contribution in [0, 0.1) is 17.7 Å². The number of nitrogens with zero attached hydrogens (tertiary/aromatic N) is 2. The van der Waals surface area contributed by atoms with Crippen LogP contribution in [0.2, 0.25) is 5.02 Å². The number of carbonyl (C=O) groups excluding carboxylic acids is 2. The summed E-state index contributed by atoms with van der Waals surface area (Å²) in [6.07, 6.45) is 0.450. The predicted octanol–water partition coefficient (Wildman–Crippen LogP) is 5.42. The molecule has 2 amide bonds. The number of carbonyl (C=O) groups is 2. The lowest BCUT2D eigenvalue weighted by molar-refractivity contribution is -0.130. The van der Waals surface area contributed by atoms with Gasteiger partial charge in [-0.25, -0.2) is 18.2 Å². The van der Waals surface area contributed by atoms with Gasteiger partial charge in [0.05, 0.1) is 18.0 Å². The van der Waals surface area contributed by atoms with Gasteiger partial charge in [-0.3, -0.25) is 9.59 Å². The van der Waals surface area contributed by atoms with E-state index >= 15 is 0 Å². The number of piperidine rings is 1. The normalized spacial score (nSPS) is 17.3. The Labute approximate surface area is 197 Å². The Bertz CT molecular complexity index is 1250. The molecule has 0 aliphatic carbocycles. The van der Waals surface area contributed by atoms with Crippen molar-refractivity contribution in [3.63, 3.8) is 0 Å². The molecule has 1 N–H and O–H groups in total. The van der Waals surface area contributed by atoms with Crippen LogP contribution >= 0.6 is 11.6 Å². The second-order valence-electron chi connectivity index (χ2n) is 8.00. The Hall–Kier alpha value is -3.46. The van der Waals surface area contributed by atoms with Crippen molar-refractivity contribution in [2.45, 2.75) is 12.3 Å². The van der Waals surface area contributed by atoms with Crippen LogP contribution in [0.5, 0.6) is 0 Å². The van der Waals surface area contributed by atoms with Gasteiger partial charge in [-0.1, -0.05) is 23.7 Å². The van der Waals surface area contributed by atoms with E-state index < -0.39 is 53.9 Å². The van der Waals surface area contributed by atoms with Gasteiger partial charge in [0.25, 0.3) is 11.8 Å². The molecule has 0 bridgehead atoms. The first-order valence-electron chi connectivity index (χ1n) is 10.3. The van der Waals surface area contributed by atoms with Gasteiger partial charge in [0.2, 0.25) is 11.9 Å². The first-order chi connectivity index (χ1) is 16.1. The van der Waals surface area contributed by atoms with E-state index in [9.17, 15) is 27.2 Å². The number of hydrogen-bond acceptors (Lipinski definition) is 3. The highest BCUT2D eigenvalue weighted by molar-refractivity contribution is 6.30. The molecule has 1 aliphatic rings. The largest absolute Gasteiger partial charge is 0.332 e. The number of likely N-dealkylation sites (tertiary alicyclic amines) is 1. The van der Waals surface area contributed by atoms with Crippen molar-refractivity contribution in [1.29, 1.82) is 0 Å². The summed E-state index contributed by atoms with van der Waals surface area (Å²) in [6, 6.07) is 12.3. The number of nitrogens with one attached hydrogen (secondary N) is 1.